The van der Waals surface area contributed by atoms with Crippen molar-refractivity contribution in [3.05, 3.63) is 40.6 Å². The number of nitrogens with zero attached hydrogens (tertiary/aromatic N) is 1. The van der Waals surface area contributed by atoms with E-state index in [0.29, 0.717) is 17.3 Å². The molecular formula is C13H13ClN2O2. The second kappa shape index (κ2) is 6.67. The van der Waals surface area contributed by atoms with Crippen molar-refractivity contribution in [1.82, 2.24) is 0 Å². The van der Waals surface area contributed by atoms with Crippen LogP contribution in [0.3, 0.4) is 0 Å². The first-order chi connectivity index (χ1) is 8.58. The van der Waals surface area contributed by atoms with Crippen LogP contribution in [-0.4, -0.2) is 12.5 Å². The van der Waals surface area contributed by atoms with Crippen molar-refractivity contribution in [3.63, 3.8) is 0 Å². The fourth-order valence-electron chi connectivity index (χ4n) is 1.17. The molecule has 0 aliphatic carbocycles. The van der Waals surface area contributed by atoms with E-state index in [1.807, 2.05) is 6.92 Å². The first-order valence-electron chi connectivity index (χ1n) is 5.37. The molecule has 0 heterocycles. The summed E-state index contributed by atoms with van der Waals surface area (Å²) < 4.78 is 4.92. The minimum atomic E-state index is -0.522. The van der Waals surface area contributed by atoms with Gasteiger partial charge in [0.05, 0.1) is 6.61 Å². The van der Waals surface area contributed by atoms with Crippen LogP contribution in [0.15, 0.2) is 30.0 Å². The first kappa shape index (κ1) is 14.1. The molecule has 0 unspecified atom stereocenters. The normalized spacial score (nSPS) is 10.7. The van der Waals surface area contributed by atoms with Gasteiger partial charge in [-0.25, -0.2) is 0 Å². The van der Waals surface area contributed by atoms with E-state index in [9.17, 15) is 4.79 Å². The molecule has 0 saturated heterocycles. The van der Waals surface area contributed by atoms with Gasteiger partial charge in [0.15, 0.2) is 5.57 Å². The lowest BCUT2D eigenvalue weighted by atomic mass is 10.2. The third-order valence-corrected chi connectivity index (χ3v) is 2.57. The molecule has 0 saturated carbocycles. The Balaban J connectivity index is 2.81. The molecule has 0 aliphatic heterocycles. The summed E-state index contributed by atoms with van der Waals surface area (Å²) in [7, 11) is 0. The van der Waals surface area contributed by atoms with Crippen LogP contribution in [-0.2, 0) is 9.53 Å². The number of halogens is 1. The van der Waals surface area contributed by atoms with Crippen LogP contribution >= 0.6 is 11.6 Å². The van der Waals surface area contributed by atoms with Gasteiger partial charge in [0.2, 0.25) is 0 Å². The average molecular weight is 265 g/mol. The molecule has 1 rings (SSSR count). The van der Waals surface area contributed by atoms with E-state index in [1.54, 1.807) is 31.2 Å². The second-order valence-electron chi connectivity index (χ2n) is 3.52. The number of anilines is 1. The Bertz CT molecular complexity index is 518. The van der Waals surface area contributed by atoms with Gasteiger partial charge in [0, 0.05) is 10.7 Å². The van der Waals surface area contributed by atoms with Crippen LogP contribution in [0.2, 0.25) is 5.02 Å². The molecule has 1 aromatic rings. The zero-order valence-corrected chi connectivity index (χ0v) is 10.9. The zero-order valence-electron chi connectivity index (χ0n) is 10.2. The summed E-state index contributed by atoms with van der Waals surface area (Å²) >= 11 is 5.94. The van der Waals surface area contributed by atoms with Gasteiger partial charge in [-0.1, -0.05) is 17.7 Å². The highest BCUT2D eigenvalue weighted by atomic mass is 35.5. The summed E-state index contributed by atoms with van der Waals surface area (Å²) in [4.78, 5) is 11.7. The van der Waals surface area contributed by atoms with Gasteiger partial charge in [-0.15, -0.1) is 0 Å². The number of aryl methyl sites for hydroxylation is 1. The predicted octanol–water partition coefficient (Wildman–Crippen LogP) is 3.03. The van der Waals surface area contributed by atoms with E-state index in [-0.39, 0.29) is 5.57 Å². The van der Waals surface area contributed by atoms with Crippen LogP contribution in [0, 0.1) is 18.3 Å². The van der Waals surface area contributed by atoms with Crippen molar-refractivity contribution >= 4 is 23.2 Å². The molecule has 1 aromatic carbocycles. The number of benzene rings is 1. The summed E-state index contributed by atoms with van der Waals surface area (Å²) in [5.41, 5.74) is 1.36. The molecule has 0 spiro atoms. The fraction of sp³-hybridized carbons (Fsp3) is 0.231. The quantitative estimate of drug-likeness (QED) is 0.516. The maximum absolute atomic E-state index is 11.7. The van der Waals surface area contributed by atoms with E-state index in [2.05, 4.69) is 5.32 Å². The highest BCUT2D eigenvalue weighted by Gasteiger charge is 2.10. The number of hydrogen-bond acceptors (Lipinski definition) is 3. The number of rotatable bonds is 4. The van der Waals surface area contributed by atoms with Crippen LogP contribution in [0.4, 0.5) is 5.69 Å². The number of hydrogen-bond donors (Lipinski definition) is 1. The topological polar surface area (TPSA) is 62.1 Å². The van der Waals surface area contributed by atoms with Crippen molar-refractivity contribution in [2.45, 2.75) is 13.8 Å². The summed E-state index contributed by atoms with van der Waals surface area (Å²) in [5, 5.41) is 11.9. The minimum Gasteiger partial charge on any atom is -0.500 e. The van der Waals surface area contributed by atoms with Gasteiger partial charge in [-0.2, -0.15) is 5.26 Å². The third-order valence-electron chi connectivity index (χ3n) is 2.16. The maximum atomic E-state index is 11.7. The van der Waals surface area contributed by atoms with Crippen LogP contribution in [0.25, 0.3) is 0 Å². The Kier molecular flexibility index (Phi) is 5.22. The van der Waals surface area contributed by atoms with Gasteiger partial charge < -0.3 is 10.1 Å². The lowest BCUT2D eigenvalue weighted by Gasteiger charge is -2.06. The van der Waals surface area contributed by atoms with E-state index < -0.39 is 5.91 Å². The van der Waals surface area contributed by atoms with E-state index in [0.717, 1.165) is 11.8 Å². The third kappa shape index (κ3) is 3.79. The molecule has 18 heavy (non-hydrogen) atoms. The fourth-order valence-corrected chi connectivity index (χ4v) is 1.35. The first-order valence-corrected chi connectivity index (χ1v) is 5.75. The Morgan fingerprint density at radius 2 is 2.33 bits per heavy atom. The molecule has 4 nitrogen and oxygen atoms in total. The number of ether oxygens (including phenoxy) is 1. The highest BCUT2D eigenvalue weighted by Crippen LogP contribution is 2.20. The average Bonchev–Trinajstić information content (AvgIpc) is 2.35. The van der Waals surface area contributed by atoms with Crippen molar-refractivity contribution in [1.29, 1.82) is 5.26 Å². The minimum absolute atomic E-state index is 0.0893. The van der Waals surface area contributed by atoms with Gasteiger partial charge >= 0.3 is 0 Å². The molecule has 0 aliphatic rings. The summed E-state index contributed by atoms with van der Waals surface area (Å²) in [6.45, 7) is 4.03. The van der Waals surface area contributed by atoms with Crippen LogP contribution < -0.4 is 5.32 Å². The van der Waals surface area contributed by atoms with E-state index in [4.69, 9.17) is 21.6 Å². The smallest absolute Gasteiger partial charge is 0.269 e. The molecule has 0 atom stereocenters. The number of nitrogens with one attached hydrogen (secondary N) is 1. The monoisotopic (exact) mass is 264 g/mol. The molecule has 1 N–H and O–H groups in total. The van der Waals surface area contributed by atoms with Gasteiger partial charge in [0.1, 0.15) is 12.3 Å². The maximum Gasteiger partial charge on any atom is 0.269 e. The van der Waals surface area contributed by atoms with Crippen LogP contribution in [0.5, 0.6) is 0 Å². The van der Waals surface area contributed by atoms with E-state index >= 15 is 0 Å². The Hall–Kier alpha value is -1.99. The second-order valence-corrected chi connectivity index (χ2v) is 3.92. The number of nitriles is 1. The molecule has 0 fully saturated rings. The zero-order chi connectivity index (χ0) is 13.5. The summed E-state index contributed by atoms with van der Waals surface area (Å²) in [6, 6.07) is 6.91. The van der Waals surface area contributed by atoms with Crippen LogP contribution in [0.1, 0.15) is 12.5 Å². The van der Waals surface area contributed by atoms with Crippen molar-refractivity contribution in [2.75, 3.05) is 11.9 Å². The van der Waals surface area contributed by atoms with Gasteiger partial charge in [-0.3, -0.25) is 4.79 Å². The van der Waals surface area contributed by atoms with Crippen molar-refractivity contribution in [2.24, 2.45) is 0 Å². The lowest BCUT2D eigenvalue weighted by molar-refractivity contribution is -0.112. The highest BCUT2D eigenvalue weighted by molar-refractivity contribution is 6.31. The summed E-state index contributed by atoms with van der Waals surface area (Å²) in [5.74, 6) is -0.522. The molecule has 0 aromatic heterocycles. The SMILES string of the molecule is CCO/C=C(\C#N)C(=O)Nc1ccc(C)c(Cl)c1. The molecule has 94 valence electrons. The van der Waals surface area contributed by atoms with Crippen molar-refractivity contribution in [3.8, 4) is 6.07 Å². The number of carbonyl (C=O) groups is 1. The largest absolute Gasteiger partial charge is 0.500 e. The van der Waals surface area contributed by atoms with Crippen molar-refractivity contribution < 1.29 is 9.53 Å². The number of carbonyl (C=O) groups excluding carboxylic acids is 1. The van der Waals surface area contributed by atoms with Gasteiger partial charge in [0.25, 0.3) is 5.91 Å². The Morgan fingerprint density at radius 1 is 1.61 bits per heavy atom. The van der Waals surface area contributed by atoms with Gasteiger partial charge in [-0.05, 0) is 31.5 Å². The summed E-state index contributed by atoms with van der Waals surface area (Å²) in [6.07, 6.45) is 1.14. The standard InChI is InChI=1S/C13H13ClN2O2/c1-3-18-8-10(7-15)13(17)16-11-5-4-9(2)12(14)6-11/h4-6,8H,3H2,1-2H3,(H,16,17)/b10-8+. The lowest BCUT2D eigenvalue weighted by Crippen LogP contribution is -2.13. The molecule has 5 heteroatoms. The predicted molar refractivity (Wildman–Crippen MR) is 70.1 cm³/mol. The molecule has 0 radical (unpaired) electrons. The Morgan fingerprint density at radius 3 is 2.89 bits per heavy atom. The Labute approximate surface area is 111 Å². The molecular weight excluding hydrogens is 252 g/mol. The van der Waals surface area contributed by atoms with E-state index in [1.165, 1.54) is 0 Å². The number of amides is 1. The molecule has 1 amide bonds. The molecule has 0 bridgehead atoms.